The van der Waals surface area contributed by atoms with Crippen LogP contribution < -0.4 is 5.32 Å². The van der Waals surface area contributed by atoms with Crippen molar-refractivity contribution < 1.29 is 0 Å². The molecule has 2 rings (SSSR count). The lowest BCUT2D eigenvalue weighted by Gasteiger charge is -2.03. The minimum absolute atomic E-state index is 0.898. The second-order valence-corrected chi connectivity index (χ2v) is 4.21. The smallest absolute Gasteiger partial charge is 0.0672 e. The van der Waals surface area contributed by atoms with Gasteiger partial charge in [0, 0.05) is 24.8 Å². The summed E-state index contributed by atoms with van der Waals surface area (Å²) in [5.74, 6) is 0. The predicted molar refractivity (Wildman–Crippen MR) is 70.8 cm³/mol. The Labute approximate surface area is 102 Å². The SMILES string of the molecule is CCn1cc(-c2cccc(CNC)c2)c(C)n1. The summed E-state index contributed by atoms with van der Waals surface area (Å²) in [6, 6.07) is 8.61. The molecule has 0 amide bonds. The maximum absolute atomic E-state index is 4.48. The quantitative estimate of drug-likeness (QED) is 0.873. The van der Waals surface area contributed by atoms with Gasteiger partial charge in [0.2, 0.25) is 0 Å². The number of aryl methyl sites for hydroxylation is 2. The van der Waals surface area contributed by atoms with E-state index in [0.29, 0.717) is 0 Å². The highest BCUT2D eigenvalue weighted by molar-refractivity contribution is 5.65. The molecule has 0 unspecified atom stereocenters. The predicted octanol–water partition coefficient (Wildman–Crippen LogP) is 2.60. The minimum atomic E-state index is 0.898. The van der Waals surface area contributed by atoms with E-state index < -0.39 is 0 Å². The molecule has 1 aromatic carbocycles. The van der Waals surface area contributed by atoms with Gasteiger partial charge in [-0.25, -0.2) is 0 Å². The fraction of sp³-hybridized carbons (Fsp3) is 0.357. The van der Waals surface area contributed by atoms with E-state index in [4.69, 9.17) is 0 Å². The zero-order valence-electron chi connectivity index (χ0n) is 10.7. The van der Waals surface area contributed by atoms with E-state index in [0.717, 1.165) is 18.8 Å². The van der Waals surface area contributed by atoms with Crippen LogP contribution in [0.3, 0.4) is 0 Å². The Morgan fingerprint density at radius 1 is 1.35 bits per heavy atom. The van der Waals surface area contributed by atoms with E-state index in [2.05, 4.69) is 54.7 Å². The fourth-order valence-electron chi connectivity index (χ4n) is 2.02. The molecule has 90 valence electrons. The molecule has 0 aliphatic carbocycles. The first-order valence-corrected chi connectivity index (χ1v) is 6.02. The molecule has 0 radical (unpaired) electrons. The van der Waals surface area contributed by atoms with E-state index in [9.17, 15) is 0 Å². The second kappa shape index (κ2) is 5.15. The normalized spacial score (nSPS) is 10.8. The van der Waals surface area contributed by atoms with Gasteiger partial charge in [0.15, 0.2) is 0 Å². The minimum Gasteiger partial charge on any atom is -0.316 e. The van der Waals surface area contributed by atoms with Crippen molar-refractivity contribution in [2.75, 3.05) is 7.05 Å². The summed E-state index contributed by atoms with van der Waals surface area (Å²) in [5, 5.41) is 7.66. The highest BCUT2D eigenvalue weighted by Crippen LogP contribution is 2.23. The first-order chi connectivity index (χ1) is 8.24. The molecule has 0 saturated heterocycles. The third-order valence-electron chi connectivity index (χ3n) is 2.89. The third kappa shape index (κ3) is 2.56. The number of rotatable bonds is 4. The van der Waals surface area contributed by atoms with Gasteiger partial charge in [-0.2, -0.15) is 5.10 Å². The maximum atomic E-state index is 4.48. The summed E-state index contributed by atoms with van der Waals surface area (Å²) in [6.45, 7) is 5.98. The average molecular weight is 229 g/mol. The van der Waals surface area contributed by atoms with Crippen LogP contribution >= 0.6 is 0 Å². The van der Waals surface area contributed by atoms with Crippen LogP contribution in [0.2, 0.25) is 0 Å². The van der Waals surface area contributed by atoms with Crippen LogP contribution in [0.4, 0.5) is 0 Å². The number of nitrogens with zero attached hydrogens (tertiary/aromatic N) is 2. The van der Waals surface area contributed by atoms with Crippen LogP contribution in [0.15, 0.2) is 30.5 Å². The van der Waals surface area contributed by atoms with E-state index in [-0.39, 0.29) is 0 Å². The first-order valence-electron chi connectivity index (χ1n) is 6.02. The van der Waals surface area contributed by atoms with Crippen LogP contribution in [0.5, 0.6) is 0 Å². The summed E-state index contributed by atoms with van der Waals surface area (Å²) in [7, 11) is 1.97. The third-order valence-corrected chi connectivity index (χ3v) is 2.89. The monoisotopic (exact) mass is 229 g/mol. The summed E-state index contributed by atoms with van der Waals surface area (Å²) in [6.07, 6.45) is 2.12. The first kappa shape index (κ1) is 11.9. The van der Waals surface area contributed by atoms with Crippen molar-refractivity contribution in [3.05, 3.63) is 41.7 Å². The summed E-state index contributed by atoms with van der Waals surface area (Å²) in [5.41, 5.74) is 4.86. The molecular formula is C14H19N3. The molecule has 0 atom stereocenters. The molecule has 1 N–H and O–H groups in total. The Balaban J connectivity index is 2.37. The van der Waals surface area contributed by atoms with Crippen LogP contribution in [0.25, 0.3) is 11.1 Å². The molecule has 0 spiro atoms. The van der Waals surface area contributed by atoms with Crippen LogP contribution in [0, 0.1) is 6.92 Å². The molecule has 3 nitrogen and oxygen atoms in total. The lowest BCUT2D eigenvalue weighted by Crippen LogP contribution is -2.04. The van der Waals surface area contributed by atoms with Gasteiger partial charge >= 0.3 is 0 Å². The molecular weight excluding hydrogens is 210 g/mol. The largest absolute Gasteiger partial charge is 0.316 e. The molecule has 1 heterocycles. The van der Waals surface area contributed by atoms with Gasteiger partial charge in [0.25, 0.3) is 0 Å². The standard InChI is InChI=1S/C14H19N3/c1-4-17-10-14(11(2)16-17)13-7-5-6-12(8-13)9-15-3/h5-8,10,15H,4,9H2,1-3H3. The summed E-state index contributed by atoms with van der Waals surface area (Å²) in [4.78, 5) is 0. The number of hydrogen-bond acceptors (Lipinski definition) is 2. The molecule has 0 saturated carbocycles. The molecule has 0 fully saturated rings. The van der Waals surface area contributed by atoms with Gasteiger partial charge in [-0.3, -0.25) is 4.68 Å². The Bertz CT molecular complexity index is 500. The zero-order valence-corrected chi connectivity index (χ0v) is 10.7. The summed E-state index contributed by atoms with van der Waals surface area (Å²) >= 11 is 0. The second-order valence-electron chi connectivity index (χ2n) is 4.21. The molecule has 2 aromatic rings. The van der Waals surface area contributed by atoms with Crippen molar-refractivity contribution in [3.63, 3.8) is 0 Å². The van der Waals surface area contributed by atoms with E-state index >= 15 is 0 Å². The molecule has 17 heavy (non-hydrogen) atoms. The Morgan fingerprint density at radius 3 is 2.82 bits per heavy atom. The Morgan fingerprint density at radius 2 is 2.18 bits per heavy atom. The number of aromatic nitrogens is 2. The molecule has 0 bridgehead atoms. The number of benzene rings is 1. The molecule has 0 aliphatic rings. The topological polar surface area (TPSA) is 29.9 Å². The van der Waals surface area contributed by atoms with Crippen LogP contribution in [0.1, 0.15) is 18.2 Å². The average Bonchev–Trinajstić information content (AvgIpc) is 2.71. The Kier molecular flexibility index (Phi) is 3.59. The van der Waals surface area contributed by atoms with Gasteiger partial charge in [-0.1, -0.05) is 18.2 Å². The van der Waals surface area contributed by atoms with Gasteiger partial charge in [0.1, 0.15) is 0 Å². The molecule has 3 heteroatoms. The summed E-state index contributed by atoms with van der Waals surface area (Å²) < 4.78 is 1.98. The highest BCUT2D eigenvalue weighted by atomic mass is 15.3. The van der Waals surface area contributed by atoms with Crippen LogP contribution in [-0.4, -0.2) is 16.8 Å². The van der Waals surface area contributed by atoms with Gasteiger partial charge in [-0.15, -0.1) is 0 Å². The van der Waals surface area contributed by atoms with Crippen molar-refractivity contribution in [1.82, 2.24) is 15.1 Å². The van der Waals surface area contributed by atoms with Crippen molar-refractivity contribution in [3.8, 4) is 11.1 Å². The van der Waals surface area contributed by atoms with Crippen molar-refractivity contribution in [2.45, 2.75) is 26.9 Å². The number of nitrogens with one attached hydrogen (secondary N) is 1. The number of hydrogen-bond donors (Lipinski definition) is 1. The van der Waals surface area contributed by atoms with Gasteiger partial charge < -0.3 is 5.32 Å². The van der Waals surface area contributed by atoms with E-state index in [1.165, 1.54) is 16.7 Å². The fourth-order valence-corrected chi connectivity index (χ4v) is 2.02. The highest BCUT2D eigenvalue weighted by Gasteiger charge is 2.06. The zero-order chi connectivity index (χ0) is 12.3. The van der Waals surface area contributed by atoms with Crippen molar-refractivity contribution in [2.24, 2.45) is 0 Å². The van der Waals surface area contributed by atoms with E-state index in [1.807, 2.05) is 11.7 Å². The van der Waals surface area contributed by atoms with Gasteiger partial charge in [0.05, 0.1) is 5.69 Å². The van der Waals surface area contributed by atoms with Crippen molar-refractivity contribution >= 4 is 0 Å². The van der Waals surface area contributed by atoms with Crippen LogP contribution in [-0.2, 0) is 13.1 Å². The van der Waals surface area contributed by atoms with Gasteiger partial charge in [-0.05, 0) is 38.1 Å². The van der Waals surface area contributed by atoms with Crippen molar-refractivity contribution in [1.29, 1.82) is 0 Å². The Hall–Kier alpha value is -1.61. The molecule has 0 aliphatic heterocycles. The van der Waals surface area contributed by atoms with E-state index in [1.54, 1.807) is 0 Å². The lowest BCUT2D eigenvalue weighted by atomic mass is 10.0. The molecule has 1 aromatic heterocycles. The lowest BCUT2D eigenvalue weighted by molar-refractivity contribution is 0.653. The maximum Gasteiger partial charge on any atom is 0.0672 e.